The molecule has 1 fully saturated rings. The van der Waals surface area contributed by atoms with Crippen molar-refractivity contribution in [3.63, 3.8) is 0 Å². The van der Waals surface area contributed by atoms with Crippen molar-refractivity contribution in [2.45, 2.75) is 32.2 Å². The summed E-state index contributed by atoms with van der Waals surface area (Å²) < 4.78 is 0. The third kappa shape index (κ3) is 3.81. The van der Waals surface area contributed by atoms with Gasteiger partial charge in [0.25, 0.3) is 5.91 Å². The van der Waals surface area contributed by atoms with E-state index < -0.39 is 0 Å². The molecule has 1 aliphatic heterocycles. The molecule has 0 aliphatic carbocycles. The highest BCUT2D eigenvalue weighted by molar-refractivity contribution is 5.95. The van der Waals surface area contributed by atoms with E-state index in [1.807, 2.05) is 24.3 Å². The summed E-state index contributed by atoms with van der Waals surface area (Å²) in [6.45, 7) is 5.75. The van der Waals surface area contributed by atoms with Crippen LogP contribution in [0.2, 0.25) is 0 Å². The summed E-state index contributed by atoms with van der Waals surface area (Å²) in [5.41, 5.74) is 7.38. The highest BCUT2D eigenvalue weighted by atomic mass is 16.1. The van der Waals surface area contributed by atoms with Crippen LogP contribution < -0.4 is 11.1 Å². The van der Waals surface area contributed by atoms with Gasteiger partial charge in [-0.25, -0.2) is 0 Å². The Morgan fingerprint density at radius 2 is 2.05 bits per heavy atom. The number of amides is 1. The molecule has 1 atom stereocenters. The van der Waals surface area contributed by atoms with Gasteiger partial charge in [0, 0.05) is 18.2 Å². The number of rotatable bonds is 6. The quantitative estimate of drug-likeness (QED) is 0.825. The van der Waals surface area contributed by atoms with Crippen molar-refractivity contribution in [2.75, 3.05) is 26.2 Å². The first-order valence-electron chi connectivity index (χ1n) is 7.52. The molecule has 0 aromatic heterocycles. The fraction of sp³-hybridized carbons (Fsp3) is 0.562. The summed E-state index contributed by atoms with van der Waals surface area (Å²) in [4.78, 5) is 14.7. The minimum absolute atomic E-state index is 0.0140. The Morgan fingerprint density at radius 3 is 2.75 bits per heavy atom. The van der Waals surface area contributed by atoms with Crippen LogP contribution in [0.15, 0.2) is 24.3 Å². The predicted octanol–water partition coefficient (Wildman–Crippen LogP) is 1.40. The van der Waals surface area contributed by atoms with Gasteiger partial charge in [-0.1, -0.05) is 18.2 Å². The maximum Gasteiger partial charge on any atom is 0.251 e. The normalized spacial score (nSPS) is 17.1. The van der Waals surface area contributed by atoms with Crippen molar-refractivity contribution < 1.29 is 4.79 Å². The van der Waals surface area contributed by atoms with E-state index >= 15 is 0 Å². The molecule has 0 bridgehead atoms. The van der Waals surface area contributed by atoms with Gasteiger partial charge < -0.3 is 11.1 Å². The SMILES string of the molecule is CC(CNC(=O)c1ccccc1CCN)N1CCCC1. The van der Waals surface area contributed by atoms with Crippen LogP contribution in [0.1, 0.15) is 35.7 Å². The number of nitrogens with one attached hydrogen (secondary N) is 1. The van der Waals surface area contributed by atoms with Gasteiger partial charge in [-0.15, -0.1) is 0 Å². The molecule has 110 valence electrons. The number of hydrogen-bond donors (Lipinski definition) is 2. The number of nitrogens with two attached hydrogens (primary N) is 1. The van der Waals surface area contributed by atoms with Crippen LogP contribution in [-0.2, 0) is 6.42 Å². The molecule has 1 aromatic carbocycles. The number of benzene rings is 1. The molecular formula is C16H25N3O. The zero-order valence-corrected chi connectivity index (χ0v) is 12.3. The van der Waals surface area contributed by atoms with Crippen molar-refractivity contribution >= 4 is 5.91 Å². The first-order chi connectivity index (χ1) is 9.72. The van der Waals surface area contributed by atoms with Crippen molar-refractivity contribution in [1.82, 2.24) is 10.2 Å². The van der Waals surface area contributed by atoms with Crippen LogP contribution >= 0.6 is 0 Å². The Balaban J connectivity index is 1.91. The number of carbonyl (C=O) groups is 1. The minimum Gasteiger partial charge on any atom is -0.350 e. The molecule has 1 saturated heterocycles. The Hall–Kier alpha value is -1.39. The Morgan fingerprint density at radius 1 is 1.35 bits per heavy atom. The summed E-state index contributed by atoms with van der Waals surface area (Å²) in [6.07, 6.45) is 3.29. The summed E-state index contributed by atoms with van der Waals surface area (Å²) in [7, 11) is 0. The van der Waals surface area contributed by atoms with Crippen LogP contribution in [0.25, 0.3) is 0 Å². The molecule has 2 rings (SSSR count). The van der Waals surface area contributed by atoms with Crippen molar-refractivity contribution in [3.05, 3.63) is 35.4 Å². The van der Waals surface area contributed by atoms with E-state index in [4.69, 9.17) is 5.73 Å². The van der Waals surface area contributed by atoms with Gasteiger partial charge in [0.15, 0.2) is 0 Å². The fourth-order valence-corrected chi connectivity index (χ4v) is 2.76. The maximum atomic E-state index is 12.3. The molecule has 1 amide bonds. The molecule has 1 heterocycles. The van der Waals surface area contributed by atoms with Crippen LogP contribution in [0.5, 0.6) is 0 Å². The molecule has 1 aromatic rings. The van der Waals surface area contributed by atoms with E-state index in [-0.39, 0.29) is 5.91 Å². The van der Waals surface area contributed by atoms with Gasteiger partial charge in [0.1, 0.15) is 0 Å². The largest absolute Gasteiger partial charge is 0.350 e. The van der Waals surface area contributed by atoms with Crippen molar-refractivity contribution in [1.29, 1.82) is 0 Å². The van der Waals surface area contributed by atoms with Crippen LogP contribution in [-0.4, -0.2) is 43.0 Å². The Labute approximate surface area is 121 Å². The summed E-state index contributed by atoms with van der Waals surface area (Å²) in [5.74, 6) is 0.0140. The van der Waals surface area contributed by atoms with Gasteiger partial charge in [-0.3, -0.25) is 9.69 Å². The molecule has 4 heteroatoms. The lowest BCUT2D eigenvalue weighted by molar-refractivity contribution is 0.0939. The first-order valence-corrected chi connectivity index (χ1v) is 7.52. The second kappa shape index (κ2) is 7.41. The lowest BCUT2D eigenvalue weighted by atomic mass is 10.0. The minimum atomic E-state index is 0.0140. The van der Waals surface area contributed by atoms with E-state index in [1.165, 1.54) is 12.8 Å². The second-order valence-corrected chi connectivity index (χ2v) is 5.50. The van der Waals surface area contributed by atoms with E-state index in [0.29, 0.717) is 19.1 Å². The number of nitrogens with zero attached hydrogens (tertiary/aromatic N) is 1. The lowest BCUT2D eigenvalue weighted by Gasteiger charge is -2.24. The molecule has 1 aliphatic rings. The lowest BCUT2D eigenvalue weighted by Crippen LogP contribution is -2.40. The van der Waals surface area contributed by atoms with Gasteiger partial charge in [-0.05, 0) is 57.5 Å². The fourth-order valence-electron chi connectivity index (χ4n) is 2.76. The highest BCUT2D eigenvalue weighted by Crippen LogP contribution is 2.12. The number of hydrogen-bond acceptors (Lipinski definition) is 3. The summed E-state index contributed by atoms with van der Waals surface area (Å²) in [5, 5.41) is 3.05. The molecule has 0 radical (unpaired) electrons. The van der Waals surface area contributed by atoms with E-state index in [9.17, 15) is 4.79 Å². The molecule has 3 N–H and O–H groups in total. The topological polar surface area (TPSA) is 58.4 Å². The van der Waals surface area contributed by atoms with E-state index in [0.717, 1.165) is 30.6 Å². The summed E-state index contributed by atoms with van der Waals surface area (Å²) >= 11 is 0. The van der Waals surface area contributed by atoms with Crippen molar-refractivity contribution in [2.24, 2.45) is 5.73 Å². The zero-order valence-electron chi connectivity index (χ0n) is 12.3. The monoisotopic (exact) mass is 275 g/mol. The number of likely N-dealkylation sites (tertiary alicyclic amines) is 1. The van der Waals surface area contributed by atoms with Crippen molar-refractivity contribution in [3.8, 4) is 0 Å². The molecule has 20 heavy (non-hydrogen) atoms. The third-order valence-corrected chi connectivity index (χ3v) is 4.00. The average molecular weight is 275 g/mol. The van der Waals surface area contributed by atoms with Crippen LogP contribution in [0, 0.1) is 0 Å². The van der Waals surface area contributed by atoms with Gasteiger partial charge in [0.2, 0.25) is 0 Å². The predicted molar refractivity (Wildman–Crippen MR) is 81.8 cm³/mol. The third-order valence-electron chi connectivity index (χ3n) is 4.00. The van der Waals surface area contributed by atoms with E-state index in [2.05, 4.69) is 17.1 Å². The molecular weight excluding hydrogens is 250 g/mol. The van der Waals surface area contributed by atoms with E-state index in [1.54, 1.807) is 0 Å². The first kappa shape index (κ1) is 15.0. The smallest absolute Gasteiger partial charge is 0.251 e. The molecule has 1 unspecified atom stereocenters. The van der Waals surface area contributed by atoms with Crippen LogP contribution in [0.4, 0.5) is 0 Å². The Bertz CT molecular complexity index is 441. The number of carbonyl (C=O) groups excluding carboxylic acids is 1. The Kier molecular flexibility index (Phi) is 5.56. The van der Waals surface area contributed by atoms with Gasteiger partial charge >= 0.3 is 0 Å². The maximum absolute atomic E-state index is 12.3. The second-order valence-electron chi connectivity index (χ2n) is 5.50. The molecule has 0 spiro atoms. The molecule has 4 nitrogen and oxygen atoms in total. The van der Waals surface area contributed by atoms with Gasteiger partial charge in [0.05, 0.1) is 0 Å². The zero-order chi connectivity index (χ0) is 14.4. The average Bonchev–Trinajstić information content (AvgIpc) is 2.99. The summed E-state index contributed by atoms with van der Waals surface area (Å²) in [6, 6.07) is 8.11. The highest BCUT2D eigenvalue weighted by Gasteiger charge is 2.19. The van der Waals surface area contributed by atoms with Crippen LogP contribution in [0.3, 0.4) is 0 Å². The van der Waals surface area contributed by atoms with Gasteiger partial charge in [-0.2, -0.15) is 0 Å². The molecule has 0 saturated carbocycles. The standard InChI is InChI=1S/C16H25N3O/c1-13(19-10-4-5-11-19)12-18-16(20)15-7-3-2-6-14(15)8-9-17/h2-3,6-7,13H,4-5,8-12,17H2,1H3,(H,18,20).